The van der Waals surface area contributed by atoms with Crippen LogP contribution >= 0.6 is 27.7 Å². The van der Waals surface area contributed by atoms with Crippen LogP contribution in [0.4, 0.5) is 5.82 Å². The fraction of sp³-hybridized carbons (Fsp3) is 0.400. The molecule has 2 aromatic heterocycles. The minimum Gasteiger partial charge on any atom is -0.370 e. The van der Waals surface area contributed by atoms with Crippen molar-refractivity contribution in [2.24, 2.45) is 0 Å². The van der Waals surface area contributed by atoms with Crippen molar-refractivity contribution in [3.63, 3.8) is 0 Å². The van der Waals surface area contributed by atoms with E-state index in [0.29, 0.717) is 5.92 Å². The number of rotatable bonds is 6. The molecule has 0 saturated carbocycles. The van der Waals surface area contributed by atoms with Crippen LogP contribution < -0.4 is 5.32 Å². The maximum absolute atomic E-state index is 4.45. The Morgan fingerprint density at radius 3 is 2.67 bits per heavy atom. The van der Waals surface area contributed by atoms with Gasteiger partial charge in [-0.1, -0.05) is 20.8 Å². The lowest BCUT2D eigenvalue weighted by molar-refractivity contribution is 0.799. The third-order valence-corrected chi connectivity index (χ3v) is 4.31. The lowest BCUT2D eigenvalue weighted by Gasteiger charge is -2.16. The first-order chi connectivity index (χ1) is 10.1. The molecule has 0 aliphatic rings. The molecule has 6 heteroatoms. The van der Waals surface area contributed by atoms with E-state index >= 15 is 0 Å². The summed E-state index contributed by atoms with van der Waals surface area (Å²) in [5.74, 6) is 1.28. The molecule has 2 heterocycles. The molecular formula is C15H19BrN4S. The predicted octanol–water partition coefficient (Wildman–Crippen LogP) is 4.73. The number of nitrogens with one attached hydrogen (secondary N) is 1. The van der Waals surface area contributed by atoms with Gasteiger partial charge in [0.1, 0.15) is 22.2 Å². The highest BCUT2D eigenvalue weighted by Gasteiger charge is 2.16. The smallest absolute Gasteiger partial charge is 0.134 e. The second-order valence-corrected chi connectivity index (χ2v) is 6.86. The molecule has 0 radical (unpaired) electrons. The molecule has 0 aromatic carbocycles. The maximum atomic E-state index is 4.45. The van der Waals surface area contributed by atoms with Crippen LogP contribution in [0.2, 0.25) is 0 Å². The first-order valence-electron chi connectivity index (χ1n) is 7.00. The fourth-order valence-electron chi connectivity index (χ4n) is 1.89. The normalized spacial score (nSPS) is 10.9. The van der Waals surface area contributed by atoms with E-state index in [1.165, 1.54) is 0 Å². The average molecular weight is 367 g/mol. The number of hydrogen-bond acceptors (Lipinski definition) is 5. The van der Waals surface area contributed by atoms with Gasteiger partial charge in [-0.2, -0.15) is 0 Å². The molecule has 2 rings (SSSR count). The molecule has 0 atom stereocenters. The van der Waals surface area contributed by atoms with Gasteiger partial charge in [-0.05, 0) is 52.2 Å². The second-order valence-electron chi connectivity index (χ2n) is 4.94. The molecule has 0 spiro atoms. The van der Waals surface area contributed by atoms with E-state index in [9.17, 15) is 0 Å². The number of halogens is 1. The number of nitrogens with zero attached hydrogens (tertiary/aromatic N) is 3. The standard InChI is InChI=1S/C15H19BrN4S/c1-4-7-17-14-13(10(2)3)15(20-9-19-14)21-12-6-5-11(16)8-18-12/h5-6,8-10H,4,7H2,1-3H3,(H,17,19,20). The van der Waals surface area contributed by atoms with Gasteiger partial charge in [-0.3, -0.25) is 0 Å². The van der Waals surface area contributed by atoms with Crippen molar-refractivity contribution in [3.8, 4) is 0 Å². The zero-order valence-corrected chi connectivity index (χ0v) is 14.8. The van der Waals surface area contributed by atoms with Crippen molar-refractivity contribution in [3.05, 3.63) is 34.7 Å². The molecule has 0 bridgehead atoms. The summed E-state index contributed by atoms with van der Waals surface area (Å²) in [5.41, 5.74) is 1.15. The first kappa shape index (κ1) is 16.2. The molecule has 0 saturated heterocycles. The van der Waals surface area contributed by atoms with Crippen LogP contribution in [0, 0.1) is 0 Å². The van der Waals surface area contributed by atoms with Crippen LogP contribution in [0.15, 0.2) is 39.2 Å². The molecule has 0 unspecified atom stereocenters. The third-order valence-electron chi connectivity index (χ3n) is 2.87. The minimum atomic E-state index is 0.350. The summed E-state index contributed by atoms with van der Waals surface area (Å²) in [5, 5.41) is 5.28. The predicted molar refractivity (Wildman–Crippen MR) is 91.0 cm³/mol. The lowest BCUT2D eigenvalue weighted by Crippen LogP contribution is -2.08. The molecule has 0 aliphatic heterocycles. The highest BCUT2D eigenvalue weighted by molar-refractivity contribution is 9.10. The Bertz CT molecular complexity index is 587. The highest BCUT2D eigenvalue weighted by Crippen LogP contribution is 2.34. The van der Waals surface area contributed by atoms with Crippen molar-refractivity contribution < 1.29 is 0 Å². The van der Waals surface area contributed by atoms with Crippen molar-refractivity contribution in [2.75, 3.05) is 11.9 Å². The van der Waals surface area contributed by atoms with E-state index in [1.54, 1.807) is 24.3 Å². The first-order valence-corrected chi connectivity index (χ1v) is 8.61. The van der Waals surface area contributed by atoms with Gasteiger partial charge >= 0.3 is 0 Å². The topological polar surface area (TPSA) is 50.7 Å². The van der Waals surface area contributed by atoms with E-state index in [-0.39, 0.29) is 0 Å². The zero-order chi connectivity index (χ0) is 15.2. The molecule has 21 heavy (non-hydrogen) atoms. The Kier molecular flexibility index (Phi) is 5.99. The maximum Gasteiger partial charge on any atom is 0.134 e. The number of pyridine rings is 1. The van der Waals surface area contributed by atoms with Gasteiger partial charge < -0.3 is 5.32 Å². The van der Waals surface area contributed by atoms with Crippen LogP contribution in [0.5, 0.6) is 0 Å². The Hall–Kier alpha value is -1.14. The van der Waals surface area contributed by atoms with Crippen LogP contribution in [0.25, 0.3) is 0 Å². The molecule has 2 aromatic rings. The molecule has 112 valence electrons. The summed E-state index contributed by atoms with van der Waals surface area (Å²) in [7, 11) is 0. The van der Waals surface area contributed by atoms with E-state index in [0.717, 1.165) is 38.9 Å². The van der Waals surface area contributed by atoms with Crippen LogP contribution in [0.1, 0.15) is 38.7 Å². The highest BCUT2D eigenvalue weighted by atomic mass is 79.9. The Morgan fingerprint density at radius 1 is 1.24 bits per heavy atom. The molecule has 0 amide bonds. The molecule has 0 aliphatic carbocycles. The molecule has 4 nitrogen and oxygen atoms in total. The van der Waals surface area contributed by atoms with Gasteiger partial charge in [0.25, 0.3) is 0 Å². The monoisotopic (exact) mass is 366 g/mol. The Morgan fingerprint density at radius 2 is 2.05 bits per heavy atom. The van der Waals surface area contributed by atoms with E-state index < -0.39 is 0 Å². The molecule has 1 N–H and O–H groups in total. The van der Waals surface area contributed by atoms with E-state index in [4.69, 9.17) is 0 Å². The summed E-state index contributed by atoms with van der Waals surface area (Å²) in [6, 6.07) is 3.97. The number of anilines is 1. The average Bonchev–Trinajstić information content (AvgIpc) is 2.47. The summed E-state index contributed by atoms with van der Waals surface area (Å²) in [4.78, 5) is 13.2. The third kappa shape index (κ3) is 4.41. The largest absolute Gasteiger partial charge is 0.370 e. The van der Waals surface area contributed by atoms with Gasteiger partial charge in [0, 0.05) is 22.8 Å². The summed E-state index contributed by atoms with van der Waals surface area (Å²) in [6.45, 7) is 7.38. The van der Waals surface area contributed by atoms with E-state index in [2.05, 4.69) is 57.0 Å². The number of aromatic nitrogens is 3. The van der Waals surface area contributed by atoms with Crippen LogP contribution in [-0.4, -0.2) is 21.5 Å². The van der Waals surface area contributed by atoms with Gasteiger partial charge in [-0.15, -0.1) is 0 Å². The minimum absolute atomic E-state index is 0.350. The van der Waals surface area contributed by atoms with Crippen LogP contribution in [-0.2, 0) is 0 Å². The summed E-state index contributed by atoms with van der Waals surface area (Å²) < 4.78 is 0.976. The van der Waals surface area contributed by atoms with Crippen molar-refractivity contribution >= 4 is 33.5 Å². The SMILES string of the molecule is CCCNc1ncnc(Sc2ccc(Br)cn2)c1C(C)C. The van der Waals surface area contributed by atoms with Gasteiger partial charge in [0.15, 0.2) is 0 Å². The Balaban J connectivity index is 2.31. The fourth-order valence-corrected chi connectivity index (χ4v) is 3.10. The van der Waals surface area contributed by atoms with Gasteiger partial charge in [0.2, 0.25) is 0 Å². The zero-order valence-electron chi connectivity index (χ0n) is 12.4. The Labute approximate surface area is 138 Å². The van der Waals surface area contributed by atoms with E-state index in [1.807, 2.05) is 12.1 Å². The summed E-state index contributed by atoms with van der Waals surface area (Å²) in [6.07, 6.45) is 4.48. The number of hydrogen-bond donors (Lipinski definition) is 1. The quantitative estimate of drug-likeness (QED) is 0.748. The van der Waals surface area contributed by atoms with Crippen molar-refractivity contribution in [1.29, 1.82) is 0 Å². The van der Waals surface area contributed by atoms with Crippen LogP contribution in [0.3, 0.4) is 0 Å². The van der Waals surface area contributed by atoms with Crippen molar-refractivity contribution in [2.45, 2.75) is 43.2 Å². The van der Waals surface area contributed by atoms with Crippen molar-refractivity contribution in [1.82, 2.24) is 15.0 Å². The molecule has 0 fully saturated rings. The van der Waals surface area contributed by atoms with Gasteiger partial charge in [-0.25, -0.2) is 15.0 Å². The second kappa shape index (κ2) is 7.75. The summed E-state index contributed by atoms with van der Waals surface area (Å²) >= 11 is 4.98. The molecular weight excluding hydrogens is 348 g/mol. The van der Waals surface area contributed by atoms with Gasteiger partial charge in [0.05, 0.1) is 0 Å². The lowest BCUT2D eigenvalue weighted by atomic mass is 10.1.